The van der Waals surface area contributed by atoms with Crippen molar-refractivity contribution in [2.45, 2.75) is 32.6 Å². The molecule has 194 valence electrons. The van der Waals surface area contributed by atoms with Gasteiger partial charge >= 0.3 is 0 Å². The molecule has 1 aliphatic heterocycles. The Morgan fingerprint density at radius 3 is 2.36 bits per heavy atom. The van der Waals surface area contributed by atoms with Crippen LogP contribution in [0.25, 0.3) is 6.08 Å². The predicted molar refractivity (Wildman–Crippen MR) is 147 cm³/mol. The van der Waals surface area contributed by atoms with Crippen LogP contribution in [0.1, 0.15) is 43.6 Å². The Morgan fingerprint density at radius 1 is 1.03 bits per heavy atom. The summed E-state index contributed by atoms with van der Waals surface area (Å²) in [6.45, 7) is 12.2. The molecule has 0 unspecified atom stereocenters. The molecular weight excluding hydrogens is 474 g/mol. The molecule has 0 bridgehead atoms. The number of carbonyl (C=O) groups excluding carboxylic acids is 2. The highest BCUT2D eigenvalue weighted by Crippen LogP contribution is 2.40. The number of methoxy groups -OCH3 is 2. The van der Waals surface area contributed by atoms with E-state index in [1.807, 2.05) is 24.3 Å². The Kier molecular flexibility index (Phi) is 9.84. The van der Waals surface area contributed by atoms with Gasteiger partial charge in [-0.15, -0.1) is 0 Å². The molecule has 7 nitrogen and oxygen atoms in total. The maximum Gasteiger partial charge on any atom is 0.262 e. The number of hydrogen-bond acceptors (Lipinski definition) is 6. The lowest BCUT2D eigenvalue weighted by Crippen LogP contribution is -2.38. The summed E-state index contributed by atoms with van der Waals surface area (Å²) in [4.78, 5) is 29.4. The largest absolute Gasteiger partial charge is 0.493 e. The lowest BCUT2D eigenvalue weighted by atomic mass is 10.1. The number of anilines is 1. The minimum absolute atomic E-state index is 0.141. The van der Waals surface area contributed by atoms with E-state index in [0.717, 1.165) is 30.1 Å². The first-order chi connectivity index (χ1) is 17.2. The van der Waals surface area contributed by atoms with Gasteiger partial charge < -0.3 is 25.0 Å². The normalized spacial score (nSPS) is 14.2. The molecule has 2 aromatic carbocycles. The van der Waals surface area contributed by atoms with Crippen molar-refractivity contribution in [3.8, 4) is 11.5 Å². The molecular formula is C28H37N3O4S. The molecule has 36 heavy (non-hydrogen) atoms. The highest BCUT2D eigenvalue weighted by molar-refractivity contribution is 8.04. The number of thioether (sulfide) groups is 1. The van der Waals surface area contributed by atoms with Gasteiger partial charge in [0.15, 0.2) is 11.5 Å². The number of amides is 2. The van der Waals surface area contributed by atoms with Crippen molar-refractivity contribution in [2.75, 3.05) is 45.7 Å². The SMILES string of the molecule is COc1ccc(C=C2Sc3ccc(C(=O)NCCN(CC(C)C)CC(C)C)cc3NC2=O)cc1OC. The third kappa shape index (κ3) is 7.51. The van der Waals surface area contributed by atoms with Crippen molar-refractivity contribution < 1.29 is 19.1 Å². The van der Waals surface area contributed by atoms with Gasteiger partial charge in [-0.1, -0.05) is 45.5 Å². The van der Waals surface area contributed by atoms with Crippen LogP contribution >= 0.6 is 11.8 Å². The molecule has 0 aromatic heterocycles. The minimum Gasteiger partial charge on any atom is -0.493 e. The molecule has 0 radical (unpaired) electrons. The predicted octanol–water partition coefficient (Wildman–Crippen LogP) is 5.13. The number of nitrogens with one attached hydrogen (secondary N) is 2. The topological polar surface area (TPSA) is 79.9 Å². The summed E-state index contributed by atoms with van der Waals surface area (Å²) in [6.07, 6.45) is 1.81. The molecule has 2 N–H and O–H groups in total. The number of benzene rings is 2. The highest BCUT2D eigenvalue weighted by Gasteiger charge is 2.22. The second-order valence-corrected chi connectivity index (χ2v) is 10.8. The molecule has 0 aliphatic carbocycles. The lowest BCUT2D eigenvalue weighted by Gasteiger charge is -2.26. The van der Waals surface area contributed by atoms with E-state index < -0.39 is 0 Å². The third-order valence-corrected chi connectivity index (χ3v) is 6.70. The van der Waals surface area contributed by atoms with Crippen LogP contribution in [-0.4, -0.2) is 57.1 Å². The molecule has 2 aromatic rings. The van der Waals surface area contributed by atoms with E-state index in [0.29, 0.717) is 46.0 Å². The molecule has 1 aliphatic rings. The van der Waals surface area contributed by atoms with Crippen LogP contribution in [0, 0.1) is 11.8 Å². The van der Waals surface area contributed by atoms with Gasteiger partial charge in [0, 0.05) is 36.6 Å². The number of nitrogens with zero attached hydrogens (tertiary/aromatic N) is 1. The average Bonchev–Trinajstić information content (AvgIpc) is 2.83. The van der Waals surface area contributed by atoms with E-state index in [1.54, 1.807) is 32.4 Å². The first kappa shape index (κ1) is 27.6. The fourth-order valence-electron chi connectivity index (χ4n) is 4.12. The molecule has 3 rings (SSSR count). The van der Waals surface area contributed by atoms with Crippen LogP contribution in [0.15, 0.2) is 46.2 Å². The maximum atomic E-state index is 12.8. The van der Waals surface area contributed by atoms with Crippen LogP contribution in [0.2, 0.25) is 0 Å². The maximum absolute atomic E-state index is 12.8. The van der Waals surface area contributed by atoms with Gasteiger partial charge in [0.25, 0.3) is 11.8 Å². The number of hydrogen-bond donors (Lipinski definition) is 2. The van der Waals surface area contributed by atoms with Crippen molar-refractivity contribution in [1.29, 1.82) is 0 Å². The third-order valence-electron chi connectivity index (χ3n) is 5.60. The molecule has 0 saturated heterocycles. The zero-order valence-corrected chi connectivity index (χ0v) is 22.8. The van der Waals surface area contributed by atoms with Crippen LogP contribution in [0.4, 0.5) is 5.69 Å². The molecule has 0 saturated carbocycles. The van der Waals surface area contributed by atoms with E-state index in [4.69, 9.17) is 9.47 Å². The molecule has 1 heterocycles. The van der Waals surface area contributed by atoms with Crippen molar-refractivity contribution >= 4 is 35.3 Å². The van der Waals surface area contributed by atoms with Crippen molar-refractivity contribution in [3.63, 3.8) is 0 Å². The lowest BCUT2D eigenvalue weighted by molar-refractivity contribution is -0.112. The second kappa shape index (κ2) is 12.8. The molecule has 0 spiro atoms. The fraction of sp³-hybridized carbons (Fsp3) is 0.429. The summed E-state index contributed by atoms with van der Waals surface area (Å²) in [5, 5.41) is 5.94. The Morgan fingerprint density at radius 2 is 1.72 bits per heavy atom. The first-order valence-corrected chi connectivity index (χ1v) is 13.1. The number of rotatable bonds is 11. The summed E-state index contributed by atoms with van der Waals surface area (Å²) >= 11 is 1.38. The Hall–Kier alpha value is -2.97. The zero-order chi connectivity index (χ0) is 26.2. The number of ether oxygens (including phenoxy) is 2. The summed E-state index contributed by atoms with van der Waals surface area (Å²) in [7, 11) is 3.16. The van der Waals surface area contributed by atoms with Crippen molar-refractivity contribution in [3.05, 3.63) is 52.4 Å². The average molecular weight is 512 g/mol. The molecule has 2 amide bonds. The number of carbonyl (C=O) groups is 2. The summed E-state index contributed by atoms with van der Waals surface area (Å²) in [6, 6.07) is 10.9. The van der Waals surface area contributed by atoms with E-state index in [9.17, 15) is 9.59 Å². The van der Waals surface area contributed by atoms with Crippen LogP contribution in [-0.2, 0) is 4.79 Å². The van der Waals surface area contributed by atoms with Crippen LogP contribution in [0.3, 0.4) is 0 Å². The molecule has 0 atom stereocenters. The zero-order valence-electron chi connectivity index (χ0n) is 22.0. The van der Waals surface area contributed by atoms with Gasteiger partial charge in [0.1, 0.15) is 0 Å². The van der Waals surface area contributed by atoms with Gasteiger partial charge in [-0.05, 0) is 53.8 Å². The standard InChI is InChI=1S/C28H37N3O4S/c1-18(2)16-31(17-19(3)4)12-11-29-27(32)21-8-10-25-22(15-21)30-28(33)26(36-25)14-20-7-9-23(34-5)24(13-20)35-6/h7-10,13-15,18-19H,11-12,16-17H2,1-6H3,(H,29,32)(H,30,33). The van der Waals surface area contributed by atoms with Gasteiger partial charge in [-0.3, -0.25) is 9.59 Å². The summed E-state index contributed by atoms with van der Waals surface area (Å²) in [5.41, 5.74) is 2.00. The number of fused-ring (bicyclic) bond motifs is 1. The first-order valence-electron chi connectivity index (χ1n) is 12.3. The second-order valence-electron chi connectivity index (χ2n) is 9.69. The fourth-order valence-corrected chi connectivity index (χ4v) is 5.05. The summed E-state index contributed by atoms with van der Waals surface area (Å²) in [5.74, 6) is 2.03. The van der Waals surface area contributed by atoms with E-state index in [2.05, 4.69) is 43.2 Å². The minimum atomic E-state index is -0.210. The highest BCUT2D eigenvalue weighted by atomic mass is 32.2. The molecule has 0 fully saturated rings. The smallest absolute Gasteiger partial charge is 0.262 e. The summed E-state index contributed by atoms with van der Waals surface area (Å²) < 4.78 is 10.6. The van der Waals surface area contributed by atoms with Crippen LogP contribution in [0.5, 0.6) is 11.5 Å². The van der Waals surface area contributed by atoms with Gasteiger partial charge in [-0.2, -0.15) is 0 Å². The van der Waals surface area contributed by atoms with Crippen molar-refractivity contribution in [1.82, 2.24) is 10.2 Å². The van der Waals surface area contributed by atoms with E-state index in [-0.39, 0.29) is 11.8 Å². The van der Waals surface area contributed by atoms with Gasteiger partial charge in [0.2, 0.25) is 0 Å². The van der Waals surface area contributed by atoms with Crippen molar-refractivity contribution in [2.24, 2.45) is 11.8 Å². The van der Waals surface area contributed by atoms with Gasteiger partial charge in [-0.25, -0.2) is 0 Å². The van der Waals surface area contributed by atoms with Gasteiger partial charge in [0.05, 0.1) is 24.8 Å². The van der Waals surface area contributed by atoms with E-state index in [1.165, 1.54) is 11.8 Å². The Bertz CT molecular complexity index is 1100. The quantitative estimate of drug-likeness (QED) is 0.407. The van der Waals surface area contributed by atoms with E-state index >= 15 is 0 Å². The Labute approximate surface area is 218 Å². The van der Waals surface area contributed by atoms with Crippen LogP contribution < -0.4 is 20.1 Å². The monoisotopic (exact) mass is 511 g/mol. The Balaban J connectivity index is 1.65. The molecule has 8 heteroatoms.